The number of para-hydroxylation sites is 3. The fraction of sp³-hybridized carbons (Fsp3) is 0.115. The highest BCUT2D eigenvalue weighted by atomic mass is 16.3. The number of nitrogens with zero attached hydrogens (tertiary/aromatic N) is 2. The van der Waals surface area contributed by atoms with Gasteiger partial charge in [-0.3, -0.25) is 0 Å². The van der Waals surface area contributed by atoms with E-state index in [-0.39, 0.29) is 0 Å². The van der Waals surface area contributed by atoms with Crippen molar-refractivity contribution < 1.29 is 4.42 Å². The second-order valence-electron chi connectivity index (χ2n) is 14.4. The molecule has 4 aliphatic rings. The van der Waals surface area contributed by atoms with Crippen molar-refractivity contribution in [1.29, 1.82) is 0 Å². The largest absolute Gasteiger partial charge is 0.454 e. The van der Waals surface area contributed by atoms with Crippen molar-refractivity contribution in [1.82, 2.24) is 9.13 Å². The number of allylic oxidation sites excluding steroid dienone is 17. The second-order valence-corrected chi connectivity index (χ2v) is 14.4. The van der Waals surface area contributed by atoms with E-state index in [1.165, 1.54) is 71.9 Å². The van der Waals surface area contributed by atoms with Gasteiger partial charge in [0.05, 0.1) is 22.2 Å². The summed E-state index contributed by atoms with van der Waals surface area (Å²) in [4.78, 5) is 0. The van der Waals surface area contributed by atoms with Gasteiger partial charge in [0.1, 0.15) is 5.58 Å². The quantitative estimate of drug-likeness (QED) is 0.179. The van der Waals surface area contributed by atoms with Crippen LogP contribution in [-0.4, -0.2) is 9.13 Å². The van der Waals surface area contributed by atoms with Gasteiger partial charge < -0.3 is 13.6 Å². The fourth-order valence-electron chi connectivity index (χ4n) is 8.87. The van der Waals surface area contributed by atoms with Gasteiger partial charge >= 0.3 is 0 Å². The third-order valence-corrected chi connectivity index (χ3v) is 11.3. The molecule has 3 heterocycles. The van der Waals surface area contributed by atoms with Gasteiger partial charge in [-0.25, -0.2) is 0 Å². The van der Waals surface area contributed by atoms with E-state index >= 15 is 0 Å². The van der Waals surface area contributed by atoms with Crippen molar-refractivity contribution in [2.75, 3.05) is 0 Å². The first-order valence-electron chi connectivity index (χ1n) is 19.6. The van der Waals surface area contributed by atoms with Crippen LogP contribution in [0.2, 0.25) is 0 Å². The topological polar surface area (TPSA) is 23.0 Å². The molecule has 3 heteroatoms. The Hall–Kier alpha value is -6.58. The maximum absolute atomic E-state index is 6.87. The van der Waals surface area contributed by atoms with E-state index in [4.69, 9.17) is 4.42 Å². The summed E-state index contributed by atoms with van der Waals surface area (Å²) in [6, 6.07) is 33.3. The average Bonchev–Trinajstić information content (AvgIpc) is 3.59. The third-order valence-electron chi connectivity index (χ3n) is 11.3. The Kier molecular flexibility index (Phi) is 8.21. The molecule has 4 aliphatic carbocycles. The van der Waals surface area contributed by atoms with E-state index in [2.05, 4.69) is 179 Å². The van der Waals surface area contributed by atoms with Gasteiger partial charge in [-0.05, 0) is 89.8 Å². The van der Waals surface area contributed by atoms with Gasteiger partial charge in [-0.1, -0.05) is 135 Å². The Morgan fingerprint density at radius 1 is 0.582 bits per heavy atom. The van der Waals surface area contributed by atoms with Crippen LogP contribution in [0.5, 0.6) is 0 Å². The van der Waals surface area contributed by atoms with Crippen molar-refractivity contribution >= 4 is 66.7 Å². The zero-order valence-corrected chi connectivity index (χ0v) is 31.3. The molecule has 0 atom stereocenters. The summed E-state index contributed by atoms with van der Waals surface area (Å²) in [7, 11) is 0. The third kappa shape index (κ3) is 5.50. The Morgan fingerprint density at radius 3 is 2.22 bits per heavy atom. The Morgan fingerprint density at radius 2 is 1.33 bits per heavy atom. The van der Waals surface area contributed by atoms with Gasteiger partial charge in [0.15, 0.2) is 5.76 Å². The van der Waals surface area contributed by atoms with Crippen molar-refractivity contribution in [2.24, 2.45) is 0 Å². The van der Waals surface area contributed by atoms with Crippen molar-refractivity contribution in [3.63, 3.8) is 0 Å². The van der Waals surface area contributed by atoms with Crippen molar-refractivity contribution in [2.45, 2.75) is 39.5 Å². The van der Waals surface area contributed by atoms with Crippen LogP contribution in [0.15, 0.2) is 179 Å². The Labute approximate surface area is 321 Å². The number of aromatic nitrogens is 2. The smallest absolute Gasteiger partial charge is 0.159 e. The molecule has 11 rings (SSSR count). The number of fused-ring (bicyclic) bond motifs is 12. The van der Waals surface area contributed by atoms with E-state index in [0.29, 0.717) is 0 Å². The lowest BCUT2D eigenvalue weighted by atomic mass is 9.95. The maximum Gasteiger partial charge on any atom is 0.159 e. The van der Waals surface area contributed by atoms with Crippen LogP contribution in [-0.2, 0) is 6.42 Å². The zero-order valence-electron chi connectivity index (χ0n) is 31.3. The molecule has 0 amide bonds. The SMILES string of the molecule is C1=CC=C(n2c3c(c4ccccc42)CC(c2ccc4c(c2)c2ccccc2n4C2=CC=C4C/C=C\C=C/C(=C2)C4)=Cc2c-3oc3ccccc23)CC=C1.CC. The second kappa shape index (κ2) is 13.7. The van der Waals surface area contributed by atoms with Crippen LogP contribution >= 0.6 is 0 Å². The van der Waals surface area contributed by atoms with Gasteiger partial charge in [0, 0.05) is 51.3 Å². The predicted octanol–water partition coefficient (Wildman–Crippen LogP) is 14.3. The lowest BCUT2D eigenvalue weighted by Gasteiger charge is -2.13. The van der Waals surface area contributed by atoms with Crippen LogP contribution in [0.3, 0.4) is 0 Å². The zero-order chi connectivity index (χ0) is 36.9. The van der Waals surface area contributed by atoms with Crippen LogP contribution in [0.1, 0.15) is 49.8 Å². The predicted molar refractivity (Wildman–Crippen MR) is 235 cm³/mol. The summed E-state index contributed by atoms with van der Waals surface area (Å²) >= 11 is 0. The molecule has 0 fully saturated rings. The molecule has 0 N–H and O–H groups in total. The molecular formula is C52H42N2O. The summed E-state index contributed by atoms with van der Waals surface area (Å²) in [5.74, 6) is 0.937. The maximum atomic E-state index is 6.87. The van der Waals surface area contributed by atoms with E-state index in [1.54, 1.807) is 0 Å². The summed E-state index contributed by atoms with van der Waals surface area (Å²) in [5.41, 5.74) is 15.9. The van der Waals surface area contributed by atoms with Crippen molar-refractivity contribution in [3.05, 3.63) is 192 Å². The molecule has 2 bridgehead atoms. The summed E-state index contributed by atoms with van der Waals surface area (Å²) in [6.45, 7) is 4.00. The highest BCUT2D eigenvalue weighted by molar-refractivity contribution is 6.12. The first-order valence-corrected chi connectivity index (χ1v) is 19.6. The van der Waals surface area contributed by atoms with E-state index < -0.39 is 0 Å². The minimum absolute atomic E-state index is 0.787. The molecule has 266 valence electrons. The molecular weight excluding hydrogens is 669 g/mol. The molecule has 3 aromatic heterocycles. The minimum atomic E-state index is 0.787. The number of hydrogen-bond acceptors (Lipinski definition) is 1. The number of furan rings is 1. The lowest BCUT2D eigenvalue weighted by Crippen LogP contribution is -2.00. The molecule has 3 nitrogen and oxygen atoms in total. The normalized spacial score (nSPS) is 17.3. The molecule has 0 radical (unpaired) electrons. The molecule has 0 saturated carbocycles. The molecule has 0 unspecified atom stereocenters. The van der Waals surface area contributed by atoms with Crippen LogP contribution < -0.4 is 0 Å². The number of benzene rings is 4. The first-order chi connectivity index (χ1) is 27.3. The lowest BCUT2D eigenvalue weighted by molar-refractivity contribution is 0.626. The molecule has 0 saturated heterocycles. The van der Waals surface area contributed by atoms with Gasteiger partial charge in [0.25, 0.3) is 0 Å². The molecule has 0 spiro atoms. The summed E-state index contributed by atoms with van der Waals surface area (Å²) < 4.78 is 11.8. The molecule has 55 heavy (non-hydrogen) atoms. The monoisotopic (exact) mass is 710 g/mol. The van der Waals surface area contributed by atoms with Crippen LogP contribution in [0.4, 0.5) is 0 Å². The Bertz CT molecular complexity index is 2980. The average molecular weight is 711 g/mol. The van der Waals surface area contributed by atoms with Crippen LogP contribution in [0, 0.1) is 0 Å². The minimum Gasteiger partial charge on any atom is -0.454 e. The highest BCUT2D eigenvalue weighted by Crippen LogP contribution is 2.47. The molecule has 0 aliphatic heterocycles. The fourth-order valence-corrected chi connectivity index (χ4v) is 8.87. The van der Waals surface area contributed by atoms with E-state index in [9.17, 15) is 0 Å². The van der Waals surface area contributed by atoms with E-state index in [1.807, 2.05) is 13.8 Å². The van der Waals surface area contributed by atoms with Gasteiger partial charge in [-0.2, -0.15) is 0 Å². The molecule has 4 aromatic carbocycles. The van der Waals surface area contributed by atoms with Crippen LogP contribution in [0.25, 0.3) is 78.2 Å². The highest BCUT2D eigenvalue weighted by Gasteiger charge is 2.29. The van der Waals surface area contributed by atoms with Gasteiger partial charge in [0.2, 0.25) is 0 Å². The summed E-state index contributed by atoms with van der Waals surface area (Å²) in [6.07, 6.45) is 32.7. The standard InChI is InChI=1S/C50H36N2O.C2H6/c1-2-7-17-37(16-6-1)52-46-22-12-9-19-40(46)43-31-36(32-44-41-20-10-13-23-48(41)53-50(44)49(43)52)35-25-27-47-42(30-35)39-18-8-11-21-45(39)51(47)38-26-24-33-14-4-3-5-15-34(28-33)29-38;1-2/h1-13,15-16,18-27,29-30,32H,14,17,28,31H2;1-2H3/b4-3-,15-5-;. The molecule has 7 aromatic rings. The number of hydrogen-bond donors (Lipinski definition) is 0. The first kappa shape index (κ1) is 33.0. The van der Waals surface area contributed by atoms with Crippen molar-refractivity contribution in [3.8, 4) is 11.5 Å². The number of rotatable bonds is 3. The Balaban J connectivity index is 0.00000183. The van der Waals surface area contributed by atoms with Gasteiger partial charge in [-0.15, -0.1) is 0 Å². The summed E-state index contributed by atoms with van der Waals surface area (Å²) in [5, 5.41) is 4.93. The van der Waals surface area contributed by atoms with E-state index in [0.717, 1.165) is 53.7 Å².